The number of carbonyl (C=O) groups is 1. The normalized spacial score (nSPS) is 16.4. The van der Waals surface area contributed by atoms with Crippen molar-refractivity contribution in [2.45, 2.75) is 39.0 Å². The molecule has 8 heteroatoms. The van der Waals surface area contributed by atoms with Crippen LogP contribution >= 0.6 is 0 Å². The van der Waals surface area contributed by atoms with Gasteiger partial charge in [-0.2, -0.15) is 0 Å². The van der Waals surface area contributed by atoms with E-state index in [-0.39, 0.29) is 18.6 Å². The van der Waals surface area contributed by atoms with Crippen molar-refractivity contribution in [3.05, 3.63) is 83.7 Å². The number of rotatable bonds is 8. The summed E-state index contributed by atoms with van der Waals surface area (Å²) >= 11 is 0. The molecule has 2 heterocycles. The van der Waals surface area contributed by atoms with E-state index in [1.807, 2.05) is 45.0 Å². The molecule has 0 spiro atoms. The number of aromatic nitrogens is 4. The van der Waals surface area contributed by atoms with E-state index in [9.17, 15) is 4.79 Å². The third kappa shape index (κ3) is 7.07. The Morgan fingerprint density at radius 2 is 1.66 bits per heavy atom. The van der Waals surface area contributed by atoms with Crippen LogP contribution in [0.25, 0.3) is 6.08 Å². The summed E-state index contributed by atoms with van der Waals surface area (Å²) in [5, 5.41) is 12.4. The van der Waals surface area contributed by atoms with Gasteiger partial charge in [-0.1, -0.05) is 72.8 Å². The zero-order chi connectivity index (χ0) is 24.7. The first-order chi connectivity index (χ1) is 16.9. The van der Waals surface area contributed by atoms with Crippen LogP contribution in [0.4, 0.5) is 0 Å². The van der Waals surface area contributed by atoms with E-state index < -0.39 is 5.60 Å². The Bertz CT molecular complexity index is 1100. The Labute approximate surface area is 207 Å². The molecule has 0 saturated carbocycles. The lowest BCUT2D eigenvalue weighted by Crippen LogP contribution is -2.48. The molecule has 3 aromatic rings. The zero-order valence-electron chi connectivity index (χ0n) is 20.7. The summed E-state index contributed by atoms with van der Waals surface area (Å²) in [6, 6.07) is 20.4. The minimum Gasteiger partial charge on any atom is -0.459 e. The van der Waals surface area contributed by atoms with Gasteiger partial charge in [0.25, 0.3) is 0 Å². The highest BCUT2D eigenvalue weighted by Gasteiger charge is 2.31. The molecular weight excluding hydrogens is 440 g/mol. The Hall–Kier alpha value is -3.36. The van der Waals surface area contributed by atoms with Gasteiger partial charge in [0, 0.05) is 32.7 Å². The van der Waals surface area contributed by atoms with Crippen LogP contribution in [0, 0.1) is 0 Å². The highest BCUT2D eigenvalue weighted by atomic mass is 16.6. The first-order valence-corrected chi connectivity index (χ1v) is 12.1. The SMILES string of the molecule is CC(C)(C)OC(=O)Cn1nnnc1[C@@H](c1ccccc1)N1CCN(CC=Cc2ccccc2)CC1. The monoisotopic (exact) mass is 474 g/mol. The van der Waals surface area contributed by atoms with Crippen LogP contribution in [0.1, 0.15) is 43.8 Å². The molecule has 1 aliphatic rings. The lowest BCUT2D eigenvalue weighted by atomic mass is 10.0. The van der Waals surface area contributed by atoms with Gasteiger partial charge in [-0.3, -0.25) is 14.6 Å². The van der Waals surface area contributed by atoms with Crippen molar-refractivity contribution in [1.29, 1.82) is 0 Å². The number of carbonyl (C=O) groups excluding carboxylic acids is 1. The predicted octanol–water partition coefficient (Wildman–Crippen LogP) is 3.44. The third-order valence-corrected chi connectivity index (χ3v) is 5.86. The van der Waals surface area contributed by atoms with Gasteiger partial charge in [-0.15, -0.1) is 5.10 Å². The van der Waals surface area contributed by atoms with Gasteiger partial charge in [-0.25, -0.2) is 4.68 Å². The molecule has 1 fully saturated rings. The molecule has 0 N–H and O–H groups in total. The molecule has 184 valence electrons. The molecule has 1 atom stereocenters. The van der Waals surface area contributed by atoms with Crippen LogP contribution in [-0.4, -0.2) is 74.3 Å². The Kier molecular flexibility index (Phi) is 8.05. The predicted molar refractivity (Wildman–Crippen MR) is 135 cm³/mol. The van der Waals surface area contributed by atoms with Crippen molar-refractivity contribution in [3.63, 3.8) is 0 Å². The molecule has 1 aromatic heterocycles. The molecule has 0 aliphatic carbocycles. The number of ether oxygens (including phenoxy) is 1. The van der Waals surface area contributed by atoms with Gasteiger partial charge in [0.15, 0.2) is 5.82 Å². The zero-order valence-corrected chi connectivity index (χ0v) is 20.7. The minimum absolute atomic E-state index is 0.0207. The van der Waals surface area contributed by atoms with E-state index in [2.05, 4.69) is 73.9 Å². The van der Waals surface area contributed by atoms with Crippen molar-refractivity contribution in [2.75, 3.05) is 32.7 Å². The van der Waals surface area contributed by atoms with Crippen molar-refractivity contribution >= 4 is 12.0 Å². The van der Waals surface area contributed by atoms with Gasteiger partial charge in [-0.05, 0) is 42.3 Å². The number of hydrogen-bond acceptors (Lipinski definition) is 7. The summed E-state index contributed by atoms with van der Waals surface area (Å²) in [5.41, 5.74) is 1.76. The molecule has 0 amide bonds. The molecule has 1 aliphatic heterocycles. The Balaban J connectivity index is 1.45. The van der Waals surface area contributed by atoms with E-state index in [4.69, 9.17) is 4.74 Å². The molecule has 4 rings (SSSR count). The molecule has 8 nitrogen and oxygen atoms in total. The van der Waals surface area contributed by atoms with Crippen LogP contribution in [0.3, 0.4) is 0 Å². The standard InChI is InChI=1S/C27H34N6O2/c1-27(2,3)35-24(34)21-33-26(28-29-30-33)25(23-14-8-5-9-15-23)32-19-17-31(18-20-32)16-10-13-22-11-6-4-7-12-22/h4-15,25H,16-21H2,1-3H3/t25-/m1/s1. The number of tetrazole rings is 1. The first-order valence-electron chi connectivity index (χ1n) is 12.1. The maximum absolute atomic E-state index is 12.5. The van der Waals surface area contributed by atoms with Crippen LogP contribution in [-0.2, 0) is 16.1 Å². The van der Waals surface area contributed by atoms with Crippen LogP contribution in [0.5, 0.6) is 0 Å². The first kappa shape index (κ1) is 24.8. The fourth-order valence-electron chi connectivity index (χ4n) is 4.28. The number of benzene rings is 2. The van der Waals surface area contributed by atoms with Gasteiger partial charge >= 0.3 is 5.97 Å². The Morgan fingerprint density at radius 1 is 1.00 bits per heavy atom. The molecule has 0 unspecified atom stereocenters. The number of nitrogens with zero attached hydrogens (tertiary/aromatic N) is 6. The summed E-state index contributed by atoms with van der Waals surface area (Å²) in [6.45, 7) is 10.1. The average Bonchev–Trinajstić information content (AvgIpc) is 3.28. The summed E-state index contributed by atoms with van der Waals surface area (Å²) in [6.07, 6.45) is 4.39. The van der Waals surface area contributed by atoms with Crippen molar-refractivity contribution in [3.8, 4) is 0 Å². The van der Waals surface area contributed by atoms with Crippen molar-refractivity contribution < 1.29 is 9.53 Å². The highest BCUT2D eigenvalue weighted by molar-refractivity contribution is 5.69. The third-order valence-electron chi connectivity index (χ3n) is 5.86. The van der Waals surface area contributed by atoms with Gasteiger partial charge in [0.2, 0.25) is 0 Å². The lowest BCUT2D eigenvalue weighted by molar-refractivity contribution is -0.155. The number of piperazine rings is 1. The molecular formula is C27H34N6O2. The van der Waals surface area contributed by atoms with Crippen molar-refractivity contribution in [1.82, 2.24) is 30.0 Å². The Morgan fingerprint density at radius 3 is 2.31 bits per heavy atom. The topological polar surface area (TPSA) is 76.4 Å². The van der Waals surface area contributed by atoms with Crippen LogP contribution in [0.2, 0.25) is 0 Å². The van der Waals surface area contributed by atoms with E-state index in [0.717, 1.165) is 38.3 Å². The smallest absolute Gasteiger partial charge is 0.328 e. The second-order valence-electron chi connectivity index (χ2n) is 9.74. The molecule has 2 aromatic carbocycles. The number of hydrogen-bond donors (Lipinski definition) is 0. The summed E-state index contributed by atoms with van der Waals surface area (Å²) < 4.78 is 7.07. The van der Waals surface area contributed by atoms with Crippen LogP contribution < -0.4 is 0 Å². The summed E-state index contributed by atoms with van der Waals surface area (Å²) in [5.74, 6) is 0.298. The fraction of sp³-hybridized carbons (Fsp3) is 0.407. The minimum atomic E-state index is -0.560. The second-order valence-corrected chi connectivity index (χ2v) is 9.74. The van der Waals surface area contributed by atoms with E-state index >= 15 is 0 Å². The number of esters is 1. The molecule has 1 saturated heterocycles. The second kappa shape index (κ2) is 11.4. The average molecular weight is 475 g/mol. The van der Waals surface area contributed by atoms with E-state index in [1.54, 1.807) is 4.68 Å². The van der Waals surface area contributed by atoms with E-state index in [1.165, 1.54) is 5.56 Å². The quantitative estimate of drug-likeness (QED) is 0.463. The highest BCUT2D eigenvalue weighted by Crippen LogP contribution is 2.28. The van der Waals surface area contributed by atoms with Gasteiger partial charge in [0.05, 0.1) is 6.04 Å². The van der Waals surface area contributed by atoms with Gasteiger partial charge in [0.1, 0.15) is 12.1 Å². The van der Waals surface area contributed by atoms with E-state index in [0.29, 0.717) is 5.82 Å². The van der Waals surface area contributed by atoms with Gasteiger partial charge < -0.3 is 4.74 Å². The van der Waals surface area contributed by atoms with Crippen LogP contribution in [0.15, 0.2) is 66.7 Å². The maximum atomic E-state index is 12.5. The summed E-state index contributed by atoms with van der Waals surface area (Å²) in [7, 11) is 0. The fourth-order valence-corrected chi connectivity index (χ4v) is 4.28. The van der Waals surface area contributed by atoms with Crippen molar-refractivity contribution in [2.24, 2.45) is 0 Å². The summed E-state index contributed by atoms with van der Waals surface area (Å²) in [4.78, 5) is 17.3. The molecule has 0 radical (unpaired) electrons. The molecule has 0 bridgehead atoms. The maximum Gasteiger partial charge on any atom is 0.328 e. The molecule has 35 heavy (non-hydrogen) atoms. The lowest BCUT2D eigenvalue weighted by Gasteiger charge is -2.38. The largest absolute Gasteiger partial charge is 0.459 e.